The van der Waals surface area contributed by atoms with Gasteiger partial charge in [0.05, 0.1) is 13.7 Å². The smallest absolute Gasteiger partial charge is 0.246 e. The van der Waals surface area contributed by atoms with E-state index < -0.39 is 18.4 Å². The number of aromatic amines is 1. The summed E-state index contributed by atoms with van der Waals surface area (Å²) in [4.78, 5) is 34.0. The Morgan fingerprint density at radius 2 is 1.76 bits per heavy atom. The lowest BCUT2D eigenvalue weighted by atomic mass is 9.86. The zero-order valence-electron chi connectivity index (χ0n) is 18.9. The van der Waals surface area contributed by atoms with Gasteiger partial charge in [-0.1, -0.05) is 36.4 Å². The Bertz CT molecular complexity index is 1200. The minimum Gasteiger partial charge on any atom is -0.496 e. The van der Waals surface area contributed by atoms with E-state index in [4.69, 9.17) is 14.2 Å². The molecule has 8 nitrogen and oxygen atoms in total. The van der Waals surface area contributed by atoms with Gasteiger partial charge in [0.1, 0.15) is 24.4 Å². The number of nitrogens with one attached hydrogen (secondary N) is 1. The van der Waals surface area contributed by atoms with Crippen LogP contribution in [-0.2, 0) is 25.5 Å². The molecular formula is C25H27N3O5. The van der Waals surface area contributed by atoms with Crippen LogP contribution < -0.4 is 4.74 Å². The monoisotopic (exact) mass is 449 g/mol. The van der Waals surface area contributed by atoms with E-state index in [0.717, 1.165) is 27.7 Å². The molecule has 1 fully saturated rings. The number of H-pyrrole nitrogens is 1. The number of ether oxygens (including phenoxy) is 3. The van der Waals surface area contributed by atoms with Gasteiger partial charge in [-0.15, -0.1) is 0 Å². The minimum absolute atomic E-state index is 0.0280. The van der Waals surface area contributed by atoms with Crippen LogP contribution in [0, 0.1) is 0 Å². The first-order chi connectivity index (χ1) is 16.1. The minimum atomic E-state index is -0.623. The van der Waals surface area contributed by atoms with Crippen LogP contribution in [0.1, 0.15) is 22.9 Å². The summed E-state index contributed by atoms with van der Waals surface area (Å²) >= 11 is 0. The predicted octanol–water partition coefficient (Wildman–Crippen LogP) is 2.48. The van der Waals surface area contributed by atoms with Crippen LogP contribution in [0.2, 0.25) is 0 Å². The van der Waals surface area contributed by atoms with E-state index in [1.807, 2.05) is 42.5 Å². The molecule has 0 saturated carbocycles. The van der Waals surface area contributed by atoms with Crippen molar-refractivity contribution >= 4 is 22.7 Å². The topological polar surface area (TPSA) is 84.1 Å². The number of hydrogen-bond donors (Lipinski definition) is 1. The molecule has 33 heavy (non-hydrogen) atoms. The predicted molar refractivity (Wildman–Crippen MR) is 122 cm³/mol. The average molecular weight is 450 g/mol. The Morgan fingerprint density at radius 3 is 2.52 bits per heavy atom. The van der Waals surface area contributed by atoms with Gasteiger partial charge in [0.25, 0.3) is 0 Å². The molecule has 2 aliphatic rings. The molecule has 0 bridgehead atoms. The molecule has 2 amide bonds. The molecular weight excluding hydrogens is 422 g/mol. The molecule has 2 aromatic carbocycles. The highest BCUT2D eigenvalue weighted by Gasteiger charge is 2.49. The summed E-state index contributed by atoms with van der Waals surface area (Å²) in [5.74, 6) is 0.449. The number of nitrogens with zero attached hydrogens (tertiary/aromatic N) is 2. The van der Waals surface area contributed by atoms with Gasteiger partial charge in [0.2, 0.25) is 11.8 Å². The van der Waals surface area contributed by atoms with Crippen molar-refractivity contribution in [1.82, 2.24) is 14.8 Å². The summed E-state index contributed by atoms with van der Waals surface area (Å²) in [5, 5.41) is 1.07. The largest absolute Gasteiger partial charge is 0.496 e. The van der Waals surface area contributed by atoms with Gasteiger partial charge in [-0.2, -0.15) is 0 Å². The number of fused-ring (bicyclic) bond motifs is 4. The molecule has 1 aromatic heterocycles. The summed E-state index contributed by atoms with van der Waals surface area (Å²) in [6.07, 6.45) is -0.151. The summed E-state index contributed by atoms with van der Waals surface area (Å²) < 4.78 is 16.2. The molecule has 5 rings (SSSR count). The van der Waals surface area contributed by atoms with E-state index in [0.29, 0.717) is 12.2 Å². The number of benzene rings is 2. The third-order valence-corrected chi connectivity index (χ3v) is 6.67. The first-order valence-corrected chi connectivity index (χ1v) is 10.9. The number of hydrogen-bond acceptors (Lipinski definition) is 5. The molecule has 1 unspecified atom stereocenters. The zero-order chi connectivity index (χ0) is 23.1. The zero-order valence-corrected chi connectivity index (χ0v) is 18.9. The Hall–Kier alpha value is -3.36. The highest BCUT2D eigenvalue weighted by molar-refractivity contribution is 5.97. The van der Waals surface area contributed by atoms with Crippen molar-refractivity contribution in [2.45, 2.75) is 24.8 Å². The van der Waals surface area contributed by atoms with Crippen LogP contribution in [-0.4, -0.2) is 73.3 Å². The Balaban J connectivity index is 1.65. The Labute approximate surface area is 192 Å². The second-order valence-electron chi connectivity index (χ2n) is 8.35. The van der Waals surface area contributed by atoms with Crippen LogP contribution >= 0.6 is 0 Å². The number of methoxy groups -OCH3 is 3. The number of carbonyl (C=O) groups is 2. The van der Waals surface area contributed by atoms with Crippen molar-refractivity contribution in [3.05, 3.63) is 65.4 Å². The van der Waals surface area contributed by atoms with Crippen molar-refractivity contribution in [1.29, 1.82) is 0 Å². The van der Waals surface area contributed by atoms with Crippen molar-refractivity contribution in [2.75, 3.05) is 34.4 Å². The molecule has 1 N–H and O–H groups in total. The van der Waals surface area contributed by atoms with Gasteiger partial charge < -0.3 is 29.0 Å². The third kappa shape index (κ3) is 3.46. The number of aromatic nitrogens is 1. The van der Waals surface area contributed by atoms with Crippen LogP contribution in [0.25, 0.3) is 10.9 Å². The maximum atomic E-state index is 13.7. The molecule has 0 spiro atoms. The maximum absolute atomic E-state index is 13.7. The van der Waals surface area contributed by atoms with E-state index in [-0.39, 0.29) is 24.9 Å². The molecule has 1 saturated heterocycles. The van der Waals surface area contributed by atoms with Gasteiger partial charge in [-0.05, 0) is 17.7 Å². The molecule has 172 valence electrons. The van der Waals surface area contributed by atoms with Crippen LogP contribution in [0.15, 0.2) is 48.5 Å². The fourth-order valence-electron chi connectivity index (χ4n) is 5.12. The fraction of sp³-hybridized carbons (Fsp3) is 0.360. The quantitative estimate of drug-likeness (QED) is 0.585. The van der Waals surface area contributed by atoms with Crippen molar-refractivity contribution in [3.63, 3.8) is 0 Å². The van der Waals surface area contributed by atoms with Crippen molar-refractivity contribution < 1.29 is 23.8 Å². The highest BCUT2D eigenvalue weighted by atomic mass is 16.7. The summed E-state index contributed by atoms with van der Waals surface area (Å²) in [5.41, 5.74) is 3.82. The second kappa shape index (κ2) is 8.53. The fourth-order valence-corrected chi connectivity index (χ4v) is 5.12. The Kier molecular flexibility index (Phi) is 5.55. The highest BCUT2D eigenvalue weighted by Crippen LogP contribution is 2.44. The van der Waals surface area contributed by atoms with E-state index in [9.17, 15) is 9.59 Å². The molecule has 3 aromatic rings. The lowest BCUT2D eigenvalue weighted by molar-refractivity contribution is -0.167. The molecule has 8 heteroatoms. The maximum Gasteiger partial charge on any atom is 0.246 e. The summed E-state index contributed by atoms with van der Waals surface area (Å²) in [6.45, 7) is 0.168. The Morgan fingerprint density at radius 1 is 1.03 bits per heavy atom. The molecule has 2 aliphatic heterocycles. The molecule has 0 radical (unpaired) electrons. The normalized spacial score (nSPS) is 20.4. The van der Waals surface area contributed by atoms with Gasteiger partial charge in [0, 0.05) is 42.8 Å². The van der Waals surface area contributed by atoms with Crippen molar-refractivity contribution in [2.24, 2.45) is 0 Å². The molecule has 2 atom stereocenters. The van der Waals surface area contributed by atoms with E-state index in [1.165, 1.54) is 14.2 Å². The van der Waals surface area contributed by atoms with Gasteiger partial charge in [-0.25, -0.2) is 0 Å². The third-order valence-electron chi connectivity index (χ3n) is 6.67. The second-order valence-corrected chi connectivity index (χ2v) is 8.35. The van der Waals surface area contributed by atoms with Crippen LogP contribution in [0.4, 0.5) is 0 Å². The number of rotatable bonds is 6. The van der Waals surface area contributed by atoms with Crippen molar-refractivity contribution in [3.8, 4) is 5.75 Å². The van der Waals surface area contributed by atoms with E-state index in [1.54, 1.807) is 16.9 Å². The van der Waals surface area contributed by atoms with Gasteiger partial charge in [-0.3, -0.25) is 9.59 Å². The van der Waals surface area contributed by atoms with E-state index >= 15 is 0 Å². The van der Waals surface area contributed by atoms with Crippen LogP contribution in [0.5, 0.6) is 5.75 Å². The number of carbonyl (C=O) groups excluding carboxylic acids is 2. The molecule has 0 aliphatic carbocycles. The SMILES string of the molecule is COc1ccccc1C1c2[nH]c3ccccc3c2C[C@H]2C(=O)N(CC(OC)OC)CC(=O)N12. The summed E-state index contributed by atoms with van der Waals surface area (Å²) in [6, 6.07) is 14.6. The lowest BCUT2D eigenvalue weighted by Gasteiger charge is -2.47. The number of amides is 2. The van der Waals surface area contributed by atoms with Gasteiger partial charge >= 0.3 is 0 Å². The lowest BCUT2D eigenvalue weighted by Crippen LogP contribution is -2.64. The first-order valence-electron chi connectivity index (χ1n) is 10.9. The standard InChI is InChI=1S/C25H27N3O5/c1-31-20-11-7-5-9-16(20)24-23-17(15-8-4-6-10-18(15)26-23)12-19-25(30)27(13-21(29)28(19)24)14-22(32-2)33-3/h4-11,19,22,24,26H,12-14H2,1-3H3/t19-,24?/m0/s1. The number of piperazine rings is 1. The van der Waals surface area contributed by atoms with Gasteiger partial charge in [0.15, 0.2) is 6.29 Å². The van der Waals surface area contributed by atoms with Crippen LogP contribution in [0.3, 0.4) is 0 Å². The first kappa shape index (κ1) is 21.5. The van der Waals surface area contributed by atoms with E-state index in [2.05, 4.69) is 11.1 Å². The molecule has 3 heterocycles. The average Bonchev–Trinajstić information content (AvgIpc) is 3.22. The summed E-state index contributed by atoms with van der Waals surface area (Å²) in [7, 11) is 4.66. The number of para-hydroxylation sites is 2.